The highest BCUT2D eigenvalue weighted by Crippen LogP contribution is 2.41. The van der Waals surface area contributed by atoms with Crippen LogP contribution in [-0.4, -0.2) is 40.0 Å². The van der Waals surface area contributed by atoms with Crippen LogP contribution in [0.5, 0.6) is 0 Å². The first-order valence-corrected chi connectivity index (χ1v) is 11.0. The minimum atomic E-state index is -0.675. The van der Waals surface area contributed by atoms with E-state index in [-0.39, 0.29) is 23.9 Å². The molecule has 0 radical (unpaired) electrons. The van der Waals surface area contributed by atoms with Gasteiger partial charge in [0.25, 0.3) is 0 Å². The van der Waals surface area contributed by atoms with Crippen LogP contribution in [0.25, 0.3) is 11.3 Å². The maximum absolute atomic E-state index is 14.0. The van der Waals surface area contributed by atoms with E-state index in [1.807, 2.05) is 0 Å². The number of nitrogens with zero attached hydrogens (tertiary/aromatic N) is 4. The molecule has 10 heteroatoms. The van der Waals surface area contributed by atoms with Gasteiger partial charge in [-0.2, -0.15) is 4.39 Å². The quantitative estimate of drug-likeness (QED) is 0.496. The van der Waals surface area contributed by atoms with E-state index in [1.165, 1.54) is 23.2 Å². The monoisotopic (exact) mass is 487 g/mol. The normalized spacial score (nSPS) is 21.8. The van der Waals surface area contributed by atoms with Crippen molar-refractivity contribution < 1.29 is 18.3 Å². The van der Waals surface area contributed by atoms with Gasteiger partial charge in [-0.05, 0) is 68.0 Å². The molecular formula is C24H24ClF2N5O2. The summed E-state index contributed by atoms with van der Waals surface area (Å²) in [6.45, 7) is 1.04. The fourth-order valence-electron chi connectivity index (χ4n) is 4.54. The summed E-state index contributed by atoms with van der Waals surface area (Å²) in [6.07, 6.45) is 3.98. The third-order valence-corrected chi connectivity index (χ3v) is 6.40. The molecule has 2 aliphatic rings. The number of carbonyl (C=O) groups excluding carboxylic acids is 1. The average molecular weight is 488 g/mol. The van der Waals surface area contributed by atoms with Crippen molar-refractivity contribution in [1.29, 1.82) is 0 Å². The number of nitrogens with one attached hydrogen (secondary N) is 1. The summed E-state index contributed by atoms with van der Waals surface area (Å²) in [5.41, 5.74) is 0.466. The second kappa shape index (κ2) is 9.89. The van der Waals surface area contributed by atoms with Crippen LogP contribution in [0.3, 0.4) is 0 Å². The largest absolute Gasteiger partial charge is 0.441 e. The van der Waals surface area contributed by atoms with Crippen molar-refractivity contribution >= 4 is 30.0 Å². The Morgan fingerprint density at radius 3 is 2.56 bits per heavy atom. The van der Waals surface area contributed by atoms with Gasteiger partial charge in [-0.15, -0.1) is 22.6 Å². The van der Waals surface area contributed by atoms with Crippen LogP contribution in [0, 0.1) is 17.7 Å². The predicted octanol–water partition coefficient (Wildman–Crippen LogP) is 5.24. The summed E-state index contributed by atoms with van der Waals surface area (Å²) in [5.74, 6) is 0.0000490. The second-order valence-electron chi connectivity index (χ2n) is 8.56. The Labute approximate surface area is 202 Å². The van der Waals surface area contributed by atoms with Crippen LogP contribution in [0.2, 0.25) is 0 Å². The van der Waals surface area contributed by atoms with Crippen molar-refractivity contribution in [2.75, 3.05) is 23.3 Å². The SMILES string of the molecule is Cl.O=C1O[C@]2(CC[C@H](CNc3ccc(-c4ccccc4F)nn3)CC2)CN1c1cccnc1F. The molecule has 1 aromatic carbocycles. The Balaban J connectivity index is 0.00000274. The lowest BCUT2D eigenvalue weighted by Crippen LogP contribution is -2.39. The zero-order valence-electron chi connectivity index (χ0n) is 18.3. The smallest absolute Gasteiger partial charge is 0.415 e. The summed E-state index contributed by atoms with van der Waals surface area (Å²) in [5, 5.41) is 11.6. The number of benzene rings is 1. The molecule has 1 spiro atoms. The first-order valence-electron chi connectivity index (χ1n) is 11.0. The zero-order valence-corrected chi connectivity index (χ0v) is 19.1. The molecule has 2 aromatic heterocycles. The molecule has 0 bridgehead atoms. The third kappa shape index (κ3) is 4.79. The first kappa shape index (κ1) is 23.8. The van der Waals surface area contributed by atoms with Crippen LogP contribution >= 0.6 is 12.4 Å². The van der Waals surface area contributed by atoms with Gasteiger partial charge in [0.2, 0.25) is 5.95 Å². The minimum Gasteiger partial charge on any atom is -0.441 e. The van der Waals surface area contributed by atoms with E-state index in [2.05, 4.69) is 20.5 Å². The Kier molecular flexibility index (Phi) is 6.92. The van der Waals surface area contributed by atoms with E-state index in [0.717, 1.165) is 12.8 Å². The fourth-order valence-corrected chi connectivity index (χ4v) is 4.54. The molecule has 2 fully saturated rings. The topological polar surface area (TPSA) is 80.2 Å². The number of anilines is 2. The van der Waals surface area contributed by atoms with E-state index < -0.39 is 17.6 Å². The van der Waals surface area contributed by atoms with Crippen molar-refractivity contribution in [3.05, 3.63) is 66.5 Å². The minimum absolute atomic E-state index is 0. The highest BCUT2D eigenvalue weighted by molar-refractivity contribution is 5.90. The highest BCUT2D eigenvalue weighted by Gasteiger charge is 2.48. The maximum atomic E-state index is 14.0. The summed E-state index contributed by atoms with van der Waals surface area (Å²) in [6, 6.07) is 13.1. The molecular weight excluding hydrogens is 464 g/mol. The fraction of sp³-hybridized carbons (Fsp3) is 0.333. The number of rotatable bonds is 5. The predicted molar refractivity (Wildman–Crippen MR) is 126 cm³/mol. The molecule has 1 saturated heterocycles. The molecule has 3 heterocycles. The number of aromatic nitrogens is 3. The number of hydrogen-bond acceptors (Lipinski definition) is 6. The molecule has 5 rings (SSSR count). The van der Waals surface area contributed by atoms with E-state index in [1.54, 1.807) is 36.4 Å². The van der Waals surface area contributed by atoms with Crippen LogP contribution in [-0.2, 0) is 4.74 Å². The van der Waals surface area contributed by atoms with Crippen molar-refractivity contribution in [2.45, 2.75) is 31.3 Å². The third-order valence-electron chi connectivity index (χ3n) is 6.40. The van der Waals surface area contributed by atoms with Crippen LogP contribution in [0.4, 0.5) is 25.1 Å². The van der Waals surface area contributed by atoms with Gasteiger partial charge >= 0.3 is 6.09 Å². The van der Waals surface area contributed by atoms with Gasteiger partial charge in [-0.3, -0.25) is 4.90 Å². The number of ether oxygens (including phenoxy) is 1. The summed E-state index contributed by atoms with van der Waals surface area (Å²) in [4.78, 5) is 17.4. The molecule has 3 aromatic rings. The lowest BCUT2D eigenvalue weighted by molar-refractivity contribution is 0.0148. The first-order chi connectivity index (χ1) is 16.0. The Morgan fingerprint density at radius 2 is 1.85 bits per heavy atom. The summed E-state index contributed by atoms with van der Waals surface area (Å²) in [7, 11) is 0. The Bertz CT molecular complexity index is 1160. The lowest BCUT2D eigenvalue weighted by atomic mass is 9.78. The van der Waals surface area contributed by atoms with Gasteiger partial charge in [0.1, 0.15) is 22.9 Å². The van der Waals surface area contributed by atoms with E-state index in [4.69, 9.17) is 4.74 Å². The van der Waals surface area contributed by atoms with Crippen molar-refractivity contribution in [2.24, 2.45) is 5.92 Å². The van der Waals surface area contributed by atoms with Gasteiger partial charge in [0.15, 0.2) is 0 Å². The molecule has 1 aliphatic heterocycles. The summed E-state index contributed by atoms with van der Waals surface area (Å²) >= 11 is 0. The Morgan fingerprint density at radius 1 is 1.06 bits per heavy atom. The Hall–Kier alpha value is -3.33. The lowest BCUT2D eigenvalue weighted by Gasteiger charge is -2.35. The van der Waals surface area contributed by atoms with Crippen LogP contribution in [0.15, 0.2) is 54.7 Å². The molecule has 34 heavy (non-hydrogen) atoms. The molecule has 178 valence electrons. The maximum Gasteiger partial charge on any atom is 0.415 e. The standard InChI is InChI=1S/C24H23F2N5O2.ClH/c25-18-5-2-1-4-17(18)19-7-8-21(30-29-19)28-14-16-9-11-24(12-10-16)15-31(23(32)33-24)20-6-3-13-27-22(20)26;/h1-8,13,16H,9-12,14-15H2,(H,28,30);1H/t16-,24-;. The van der Waals surface area contributed by atoms with Gasteiger partial charge in [0.05, 0.1) is 12.2 Å². The average Bonchev–Trinajstić information content (AvgIpc) is 3.15. The van der Waals surface area contributed by atoms with Crippen molar-refractivity contribution in [3.63, 3.8) is 0 Å². The molecule has 0 atom stereocenters. The molecule has 0 unspecified atom stereocenters. The van der Waals surface area contributed by atoms with E-state index in [9.17, 15) is 13.6 Å². The number of hydrogen-bond donors (Lipinski definition) is 1. The zero-order chi connectivity index (χ0) is 22.8. The molecule has 7 nitrogen and oxygen atoms in total. The second-order valence-corrected chi connectivity index (χ2v) is 8.56. The number of carbonyl (C=O) groups is 1. The van der Waals surface area contributed by atoms with Crippen LogP contribution in [0.1, 0.15) is 25.7 Å². The number of amides is 1. The van der Waals surface area contributed by atoms with Gasteiger partial charge in [0, 0.05) is 18.3 Å². The van der Waals surface area contributed by atoms with Gasteiger partial charge in [-0.1, -0.05) is 12.1 Å². The van der Waals surface area contributed by atoms with E-state index >= 15 is 0 Å². The van der Waals surface area contributed by atoms with E-state index in [0.29, 0.717) is 48.9 Å². The number of halogens is 3. The highest BCUT2D eigenvalue weighted by atomic mass is 35.5. The summed E-state index contributed by atoms with van der Waals surface area (Å²) < 4.78 is 33.7. The molecule has 1 saturated carbocycles. The molecule has 1 N–H and O–H groups in total. The van der Waals surface area contributed by atoms with Gasteiger partial charge in [-0.25, -0.2) is 14.2 Å². The van der Waals surface area contributed by atoms with Crippen LogP contribution < -0.4 is 10.2 Å². The molecule has 1 aliphatic carbocycles. The van der Waals surface area contributed by atoms with Crippen molar-refractivity contribution in [1.82, 2.24) is 15.2 Å². The molecule has 1 amide bonds. The number of pyridine rings is 1. The van der Waals surface area contributed by atoms with Crippen molar-refractivity contribution in [3.8, 4) is 11.3 Å². The van der Waals surface area contributed by atoms with Gasteiger partial charge < -0.3 is 10.1 Å².